The summed E-state index contributed by atoms with van der Waals surface area (Å²) >= 11 is 0. The van der Waals surface area contributed by atoms with E-state index < -0.39 is 0 Å². The molecule has 144 valence electrons. The lowest BCUT2D eigenvalue weighted by atomic mass is 10.0. The van der Waals surface area contributed by atoms with Crippen molar-refractivity contribution in [2.45, 2.75) is 13.8 Å². The molecule has 1 amide bonds. The summed E-state index contributed by atoms with van der Waals surface area (Å²) in [6, 6.07) is 19.6. The van der Waals surface area contributed by atoms with Gasteiger partial charge in [-0.05, 0) is 37.1 Å². The molecule has 6 nitrogen and oxygen atoms in total. The van der Waals surface area contributed by atoms with Crippen LogP contribution >= 0.6 is 0 Å². The van der Waals surface area contributed by atoms with E-state index in [1.807, 2.05) is 62.4 Å². The molecule has 6 heteroatoms. The summed E-state index contributed by atoms with van der Waals surface area (Å²) in [5.41, 5.74) is 3.75. The number of hydrogen-bond donors (Lipinski definition) is 3. The molecule has 0 aliphatic heterocycles. The molecule has 0 radical (unpaired) electrons. The Morgan fingerprint density at radius 1 is 0.893 bits per heavy atom. The second kappa shape index (κ2) is 9.50. The molecule has 1 heterocycles. The van der Waals surface area contributed by atoms with Crippen LogP contribution in [0.15, 0.2) is 60.7 Å². The molecule has 0 saturated heterocycles. The van der Waals surface area contributed by atoms with Gasteiger partial charge in [0.25, 0.3) is 5.91 Å². The third kappa shape index (κ3) is 5.30. The summed E-state index contributed by atoms with van der Waals surface area (Å²) in [7, 11) is 0. The zero-order chi connectivity index (χ0) is 19.8. The van der Waals surface area contributed by atoms with Crippen molar-refractivity contribution in [2.24, 2.45) is 0 Å². The van der Waals surface area contributed by atoms with Crippen LogP contribution < -0.4 is 16.0 Å². The van der Waals surface area contributed by atoms with Crippen LogP contribution in [-0.2, 0) is 0 Å². The fourth-order valence-electron chi connectivity index (χ4n) is 2.82. The number of hydrogen-bond acceptors (Lipinski definition) is 5. The van der Waals surface area contributed by atoms with Crippen LogP contribution in [0.25, 0.3) is 11.1 Å². The summed E-state index contributed by atoms with van der Waals surface area (Å²) in [5, 5.41) is 9.23. The van der Waals surface area contributed by atoms with E-state index in [-0.39, 0.29) is 5.91 Å². The quantitative estimate of drug-likeness (QED) is 0.523. The lowest BCUT2D eigenvalue weighted by Gasteiger charge is -2.10. The van der Waals surface area contributed by atoms with E-state index in [2.05, 4.69) is 38.1 Å². The molecule has 2 aromatic carbocycles. The van der Waals surface area contributed by atoms with Crippen molar-refractivity contribution in [3.8, 4) is 11.1 Å². The summed E-state index contributed by atoms with van der Waals surface area (Å²) < 4.78 is 0. The molecule has 0 aliphatic carbocycles. The number of carbonyl (C=O) groups excluding carboxylic acids is 1. The molecule has 28 heavy (non-hydrogen) atoms. The van der Waals surface area contributed by atoms with Gasteiger partial charge in [0, 0.05) is 37.0 Å². The van der Waals surface area contributed by atoms with E-state index in [0.29, 0.717) is 24.6 Å². The number of aromatic nitrogens is 2. The molecule has 3 N–H and O–H groups in total. The SMILES string of the molecule is CCNc1cc(C)nc(NCCNC(=O)c2ccc(-c3ccccc3)cc2)n1. The zero-order valence-electron chi connectivity index (χ0n) is 16.2. The van der Waals surface area contributed by atoms with Gasteiger partial charge >= 0.3 is 0 Å². The predicted molar refractivity (Wildman–Crippen MR) is 114 cm³/mol. The van der Waals surface area contributed by atoms with Crippen molar-refractivity contribution in [3.05, 3.63) is 71.9 Å². The molecule has 0 fully saturated rings. The number of carbonyl (C=O) groups is 1. The fourth-order valence-corrected chi connectivity index (χ4v) is 2.82. The lowest BCUT2D eigenvalue weighted by Crippen LogP contribution is -2.29. The Labute approximate surface area is 165 Å². The van der Waals surface area contributed by atoms with Gasteiger partial charge in [-0.15, -0.1) is 0 Å². The van der Waals surface area contributed by atoms with Crippen LogP contribution in [0.2, 0.25) is 0 Å². The number of amides is 1. The Hall–Kier alpha value is -3.41. The highest BCUT2D eigenvalue weighted by Crippen LogP contribution is 2.19. The minimum absolute atomic E-state index is 0.0973. The molecule has 0 saturated carbocycles. The van der Waals surface area contributed by atoms with Crippen molar-refractivity contribution in [2.75, 3.05) is 30.3 Å². The van der Waals surface area contributed by atoms with E-state index >= 15 is 0 Å². The monoisotopic (exact) mass is 375 g/mol. The Balaban J connectivity index is 1.49. The van der Waals surface area contributed by atoms with Crippen LogP contribution in [0.4, 0.5) is 11.8 Å². The number of aryl methyl sites for hydroxylation is 1. The van der Waals surface area contributed by atoms with Gasteiger partial charge in [0.2, 0.25) is 5.95 Å². The smallest absolute Gasteiger partial charge is 0.251 e. The fraction of sp³-hybridized carbons (Fsp3) is 0.227. The number of benzene rings is 2. The second-order valence-corrected chi connectivity index (χ2v) is 6.37. The number of nitrogens with zero attached hydrogens (tertiary/aromatic N) is 2. The summed E-state index contributed by atoms with van der Waals surface area (Å²) in [6.45, 7) is 5.77. The minimum atomic E-state index is -0.0973. The molecule has 3 rings (SSSR count). The predicted octanol–water partition coefficient (Wildman–Crippen LogP) is 3.73. The van der Waals surface area contributed by atoms with Crippen LogP contribution in [0, 0.1) is 6.92 Å². The summed E-state index contributed by atoms with van der Waals surface area (Å²) in [5.74, 6) is 1.25. The first-order chi connectivity index (χ1) is 13.7. The van der Waals surface area contributed by atoms with Crippen molar-refractivity contribution < 1.29 is 4.79 Å². The van der Waals surface area contributed by atoms with E-state index in [0.717, 1.165) is 29.2 Å². The lowest BCUT2D eigenvalue weighted by molar-refractivity contribution is 0.0955. The molecule has 3 aromatic rings. The van der Waals surface area contributed by atoms with Crippen LogP contribution in [0.3, 0.4) is 0 Å². The average molecular weight is 375 g/mol. The first-order valence-electron chi connectivity index (χ1n) is 9.43. The van der Waals surface area contributed by atoms with Gasteiger partial charge < -0.3 is 16.0 Å². The van der Waals surface area contributed by atoms with Crippen LogP contribution in [0.1, 0.15) is 23.0 Å². The first kappa shape index (κ1) is 19.4. The van der Waals surface area contributed by atoms with Crippen molar-refractivity contribution >= 4 is 17.7 Å². The van der Waals surface area contributed by atoms with Gasteiger partial charge in [0.15, 0.2) is 0 Å². The van der Waals surface area contributed by atoms with Crippen LogP contribution in [0.5, 0.6) is 0 Å². The summed E-state index contributed by atoms with van der Waals surface area (Å²) in [4.78, 5) is 21.1. The molecule has 0 spiro atoms. The van der Waals surface area contributed by atoms with Crippen molar-refractivity contribution in [1.82, 2.24) is 15.3 Å². The van der Waals surface area contributed by atoms with Crippen molar-refractivity contribution in [1.29, 1.82) is 0 Å². The first-order valence-corrected chi connectivity index (χ1v) is 9.43. The molecule has 1 aromatic heterocycles. The Bertz CT molecular complexity index is 910. The maximum absolute atomic E-state index is 12.3. The van der Waals surface area contributed by atoms with Gasteiger partial charge in [-0.3, -0.25) is 4.79 Å². The summed E-state index contributed by atoms with van der Waals surface area (Å²) in [6.07, 6.45) is 0. The zero-order valence-corrected chi connectivity index (χ0v) is 16.2. The highest BCUT2D eigenvalue weighted by molar-refractivity contribution is 5.94. The van der Waals surface area contributed by atoms with Crippen molar-refractivity contribution in [3.63, 3.8) is 0 Å². The molecule has 0 unspecified atom stereocenters. The normalized spacial score (nSPS) is 10.4. The van der Waals surface area contributed by atoms with E-state index in [9.17, 15) is 4.79 Å². The molecule has 0 atom stereocenters. The largest absolute Gasteiger partial charge is 0.370 e. The topological polar surface area (TPSA) is 78.9 Å². The van der Waals surface area contributed by atoms with Gasteiger partial charge in [-0.2, -0.15) is 4.98 Å². The third-order valence-electron chi connectivity index (χ3n) is 4.16. The minimum Gasteiger partial charge on any atom is -0.370 e. The Morgan fingerprint density at radius 3 is 2.32 bits per heavy atom. The molecular weight excluding hydrogens is 350 g/mol. The Kier molecular flexibility index (Phi) is 6.57. The highest BCUT2D eigenvalue weighted by Gasteiger charge is 2.06. The highest BCUT2D eigenvalue weighted by atomic mass is 16.1. The molecular formula is C22H25N5O. The van der Waals surface area contributed by atoms with E-state index in [4.69, 9.17) is 0 Å². The average Bonchev–Trinajstić information content (AvgIpc) is 2.72. The number of anilines is 2. The standard InChI is InChI=1S/C22H25N5O/c1-3-23-20-15-16(2)26-22(27-20)25-14-13-24-21(28)19-11-9-18(10-12-19)17-7-5-4-6-8-17/h4-12,15H,3,13-14H2,1-2H3,(H,24,28)(H2,23,25,26,27). The Morgan fingerprint density at radius 2 is 1.61 bits per heavy atom. The third-order valence-corrected chi connectivity index (χ3v) is 4.16. The maximum atomic E-state index is 12.3. The van der Waals surface area contributed by atoms with Gasteiger partial charge in [-0.1, -0.05) is 42.5 Å². The molecule has 0 aliphatic rings. The van der Waals surface area contributed by atoms with Gasteiger partial charge in [0.1, 0.15) is 5.82 Å². The van der Waals surface area contributed by atoms with E-state index in [1.54, 1.807) is 0 Å². The van der Waals surface area contributed by atoms with E-state index in [1.165, 1.54) is 0 Å². The molecule has 0 bridgehead atoms. The van der Waals surface area contributed by atoms with Crippen LogP contribution in [-0.4, -0.2) is 35.5 Å². The van der Waals surface area contributed by atoms with Gasteiger partial charge in [-0.25, -0.2) is 4.98 Å². The number of nitrogens with one attached hydrogen (secondary N) is 3. The number of rotatable bonds is 8. The van der Waals surface area contributed by atoms with Gasteiger partial charge in [0.05, 0.1) is 0 Å². The second-order valence-electron chi connectivity index (χ2n) is 6.37. The maximum Gasteiger partial charge on any atom is 0.251 e.